The van der Waals surface area contributed by atoms with Crippen molar-refractivity contribution in [1.82, 2.24) is 0 Å². The monoisotopic (exact) mass is 163 g/mol. The van der Waals surface area contributed by atoms with Crippen LogP contribution in [0.15, 0.2) is 18.2 Å². The molecule has 0 amide bonds. The molecule has 1 aliphatic rings. The van der Waals surface area contributed by atoms with E-state index in [0.29, 0.717) is 0 Å². The lowest BCUT2D eigenvalue weighted by Crippen LogP contribution is -2.18. The summed E-state index contributed by atoms with van der Waals surface area (Å²) in [5.41, 5.74) is 7.86. The minimum Gasteiger partial charge on any atom is -0.490 e. The van der Waals surface area contributed by atoms with Gasteiger partial charge in [0.1, 0.15) is 5.75 Å². The predicted molar refractivity (Wildman–Crippen MR) is 49.4 cm³/mol. The maximum absolute atomic E-state index is 5.77. The van der Waals surface area contributed by atoms with Gasteiger partial charge in [-0.2, -0.15) is 0 Å². The Hall–Kier alpha value is -1.18. The van der Waals surface area contributed by atoms with Crippen LogP contribution in [0, 0.1) is 0 Å². The van der Waals surface area contributed by atoms with Gasteiger partial charge >= 0.3 is 0 Å². The van der Waals surface area contributed by atoms with E-state index in [-0.39, 0.29) is 5.41 Å². The summed E-state index contributed by atoms with van der Waals surface area (Å²) in [5, 5.41) is 0. The van der Waals surface area contributed by atoms with Crippen molar-refractivity contribution < 1.29 is 4.74 Å². The minimum absolute atomic E-state index is 0.116. The van der Waals surface area contributed by atoms with Crippen LogP contribution in [-0.2, 0) is 5.41 Å². The molecular formula is C10H13NO. The average Bonchev–Trinajstić information content (AvgIpc) is 2.30. The number of rotatable bonds is 0. The molecule has 0 atom stereocenters. The summed E-state index contributed by atoms with van der Waals surface area (Å²) in [7, 11) is 0. The Labute approximate surface area is 72.3 Å². The number of hydrogen-bond acceptors (Lipinski definition) is 2. The van der Waals surface area contributed by atoms with Gasteiger partial charge in [-0.05, 0) is 6.07 Å². The summed E-state index contributed by atoms with van der Waals surface area (Å²) in [6.07, 6.45) is 0. The van der Waals surface area contributed by atoms with Gasteiger partial charge in [-0.1, -0.05) is 26.0 Å². The van der Waals surface area contributed by atoms with Crippen LogP contribution in [0.2, 0.25) is 0 Å². The van der Waals surface area contributed by atoms with E-state index in [1.165, 1.54) is 5.56 Å². The molecule has 1 heterocycles. The molecule has 1 aromatic rings. The van der Waals surface area contributed by atoms with Crippen molar-refractivity contribution in [3.05, 3.63) is 23.8 Å². The molecule has 0 unspecified atom stereocenters. The zero-order valence-electron chi connectivity index (χ0n) is 7.42. The topological polar surface area (TPSA) is 35.2 Å². The zero-order valence-corrected chi connectivity index (χ0v) is 7.42. The van der Waals surface area contributed by atoms with Crippen LogP contribution in [0.1, 0.15) is 19.4 Å². The molecule has 1 aliphatic heterocycles. The molecule has 0 bridgehead atoms. The SMILES string of the molecule is CC1(C)COc2c(N)cccc21. The molecule has 0 saturated carbocycles. The van der Waals surface area contributed by atoms with Crippen molar-refractivity contribution in [2.75, 3.05) is 12.3 Å². The smallest absolute Gasteiger partial charge is 0.146 e. The highest BCUT2D eigenvalue weighted by Gasteiger charge is 2.32. The van der Waals surface area contributed by atoms with Gasteiger partial charge in [0.05, 0.1) is 12.3 Å². The first-order valence-electron chi connectivity index (χ1n) is 4.13. The Bertz CT molecular complexity index is 318. The third-order valence-electron chi connectivity index (χ3n) is 2.35. The quantitative estimate of drug-likeness (QED) is 0.593. The van der Waals surface area contributed by atoms with Crippen LogP contribution >= 0.6 is 0 Å². The lowest BCUT2D eigenvalue weighted by molar-refractivity contribution is 0.292. The van der Waals surface area contributed by atoms with Crippen molar-refractivity contribution in [2.45, 2.75) is 19.3 Å². The second kappa shape index (κ2) is 2.16. The molecule has 0 aliphatic carbocycles. The molecule has 2 rings (SSSR count). The number of ether oxygens (including phenoxy) is 1. The van der Waals surface area contributed by atoms with E-state index in [1.807, 2.05) is 12.1 Å². The summed E-state index contributed by atoms with van der Waals surface area (Å²) >= 11 is 0. The van der Waals surface area contributed by atoms with Gasteiger partial charge < -0.3 is 10.5 Å². The van der Waals surface area contributed by atoms with E-state index in [9.17, 15) is 0 Å². The predicted octanol–water partition coefficient (Wildman–Crippen LogP) is 1.94. The van der Waals surface area contributed by atoms with E-state index in [1.54, 1.807) is 0 Å². The molecule has 0 radical (unpaired) electrons. The first-order chi connectivity index (χ1) is 5.61. The van der Waals surface area contributed by atoms with E-state index < -0.39 is 0 Å². The first-order valence-corrected chi connectivity index (χ1v) is 4.13. The fourth-order valence-corrected chi connectivity index (χ4v) is 1.58. The summed E-state index contributed by atoms with van der Waals surface area (Å²) < 4.78 is 5.52. The molecule has 2 heteroatoms. The average molecular weight is 163 g/mol. The van der Waals surface area contributed by atoms with E-state index in [4.69, 9.17) is 10.5 Å². The first kappa shape index (κ1) is 7.47. The lowest BCUT2D eigenvalue weighted by atomic mass is 9.87. The highest BCUT2D eigenvalue weighted by molar-refractivity contribution is 5.60. The highest BCUT2D eigenvalue weighted by atomic mass is 16.5. The van der Waals surface area contributed by atoms with Gasteiger partial charge in [0.15, 0.2) is 0 Å². The van der Waals surface area contributed by atoms with Crippen LogP contribution in [0.3, 0.4) is 0 Å². The molecule has 0 fully saturated rings. The number of para-hydroxylation sites is 1. The molecule has 0 aromatic heterocycles. The molecular weight excluding hydrogens is 150 g/mol. The maximum atomic E-state index is 5.77. The van der Waals surface area contributed by atoms with Crippen LogP contribution in [0.5, 0.6) is 5.75 Å². The largest absolute Gasteiger partial charge is 0.490 e. The summed E-state index contributed by atoms with van der Waals surface area (Å²) in [4.78, 5) is 0. The number of nitrogens with two attached hydrogens (primary N) is 1. The van der Waals surface area contributed by atoms with Gasteiger partial charge in [-0.3, -0.25) is 0 Å². The Kier molecular flexibility index (Phi) is 1.34. The van der Waals surface area contributed by atoms with Crippen molar-refractivity contribution in [3.8, 4) is 5.75 Å². The summed E-state index contributed by atoms with van der Waals surface area (Å²) in [6.45, 7) is 5.06. The van der Waals surface area contributed by atoms with E-state index >= 15 is 0 Å². The minimum atomic E-state index is 0.116. The van der Waals surface area contributed by atoms with Crippen molar-refractivity contribution >= 4 is 5.69 Å². The molecule has 1 aromatic carbocycles. The normalized spacial score (nSPS) is 18.5. The number of benzene rings is 1. The Morgan fingerprint density at radius 3 is 2.83 bits per heavy atom. The molecule has 2 N–H and O–H groups in total. The third-order valence-corrected chi connectivity index (χ3v) is 2.35. The molecule has 0 saturated heterocycles. The van der Waals surface area contributed by atoms with E-state index in [0.717, 1.165) is 18.0 Å². The third kappa shape index (κ3) is 0.876. The highest BCUT2D eigenvalue weighted by Crippen LogP contribution is 2.41. The second-order valence-electron chi connectivity index (χ2n) is 3.90. The number of hydrogen-bond donors (Lipinski definition) is 1. The summed E-state index contributed by atoms with van der Waals surface area (Å²) in [6, 6.07) is 5.93. The number of nitrogen functional groups attached to an aromatic ring is 1. The molecule has 2 nitrogen and oxygen atoms in total. The number of fused-ring (bicyclic) bond motifs is 1. The van der Waals surface area contributed by atoms with E-state index in [2.05, 4.69) is 19.9 Å². The van der Waals surface area contributed by atoms with Crippen molar-refractivity contribution in [1.29, 1.82) is 0 Å². The van der Waals surface area contributed by atoms with Gasteiger partial charge in [0.2, 0.25) is 0 Å². The molecule has 64 valence electrons. The zero-order chi connectivity index (χ0) is 8.77. The van der Waals surface area contributed by atoms with Crippen molar-refractivity contribution in [2.24, 2.45) is 0 Å². The molecule has 0 spiro atoms. The van der Waals surface area contributed by atoms with Gasteiger partial charge in [0, 0.05) is 11.0 Å². The Morgan fingerprint density at radius 1 is 1.42 bits per heavy atom. The second-order valence-corrected chi connectivity index (χ2v) is 3.90. The van der Waals surface area contributed by atoms with Gasteiger partial charge in [-0.15, -0.1) is 0 Å². The van der Waals surface area contributed by atoms with Crippen LogP contribution < -0.4 is 10.5 Å². The van der Waals surface area contributed by atoms with Crippen molar-refractivity contribution in [3.63, 3.8) is 0 Å². The van der Waals surface area contributed by atoms with Gasteiger partial charge in [-0.25, -0.2) is 0 Å². The van der Waals surface area contributed by atoms with Gasteiger partial charge in [0.25, 0.3) is 0 Å². The fourth-order valence-electron chi connectivity index (χ4n) is 1.58. The Morgan fingerprint density at radius 2 is 2.17 bits per heavy atom. The number of anilines is 1. The molecule has 12 heavy (non-hydrogen) atoms. The van der Waals surface area contributed by atoms with Crippen LogP contribution in [0.25, 0.3) is 0 Å². The van der Waals surface area contributed by atoms with Crippen LogP contribution in [-0.4, -0.2) is 6.61 Å². The lowest BCUT2D eigenvalue weighted by Gasteiger charge is -2.14. The maximum Gasteiger partial charge on any atom is 0.146 e. The standard InChI is InChI=1S/C10H13NO/c1-10(2)6-12-9-7(10)4-3-5-8(9)11/h3-5H,6,11H2,1-2H3. The summed E-state index contributed by atoms with van der Waals surface area (Å²) in [5.74, 6) is 0.877. The van der Waals surface area contributed by atoms with Crippen LogP contribution in [0.4, 0.5) is 5.69 Å². The Balaban J connectivity index is 2.61. The fraction of sp³-hybridized carbons (Fsp3) is 0.400.